The van der Waals surface area contributed by atoms with Crippen LogP contribution >= 0.6 is 0 Å². The Bertz CT molecular complexity index is 174. The normalized spacial score (nSPS) is 27.2. The minimum absolute atomic E-state index is 0.392. The summed E-state index contributed by atoms with van der Waals surface area (Å²) in [5, 5.41) is 0. The van der Waals surface area contributed by atoms with E-state index in [1.807, 2.05) is 0 Å². The van der Waals surface area contributed by atoms with Crippen LogP contribution in [0.2, 0.25) is 0 Å². The van der Waals surface area contributed by atoms with Crippen LogP contribution in [0.4, 0.5) is 0 Å². The van der Waals surface area contributed by atoms with E-state index in [0.717, 1.165) is 38.0 Å². The van der Waals surface area contributed by atoms with Crippen LogP contribution in [0.15, 0.2) is 0 Å². The molecule has 2 nitrogen and oxygen atoms in total. The van der Waals surface area contributed by atoms with Crippen LogP contribution in [-0.2, 0) is 4.74 Å². The molecule has 1 aliphatic rings. The summed E-state index contributed by atoms with van der Waals surface area (Å²) in [6.07, 6.45) is 5.11. The molecular formula is C13H27NO. The number of nitrogens with two attached hydrogens (primary N) is 1. The van der Waals surface area contributed by atoms with Gasteiger partial charge in [-0.2, -0.15) is 0 Å². The van der Waals surface area contributed by atoms with Gasteiger partial charge in [0.25, 0.3) is 0 Å². The second-order valence-electron chi connectivity index (χ2n) is 6.07. The summed E-state index contributed by atoms with van der Waals surface area (Å²) in [4.78, 5) is 0. The van der Waals surface area contributed by atoms with Gasteiger partial charge < -0.3 is 10.5 Å². The van der Waals surface area contributed by atoms with E-state index in [1.54, 1.807) is 0 Å². The summed E-state index contributed by atoms with van der Waals surface area (Å²) >= 11 is 0. The molecule has 0 heterocycles. The van der Waals surface area contributed by atoms with E-state index in [2.05, 4.69) is 20.8 Å². The van der Waals surface area contributed by atoms with Crippen molar-refractivity contribution >= 4 is 0 Å². The van der Waals surface area contributed by atoms with Gasteiger partial charge in [0.15, 0.2) is 0 Å². The van der Waals surface area contributed by atoms with E-state index in [4.69, 9.17) is 10.5 Å². The highest BCUT2D eigenvalue weighted by Crippen LogP contribution is 2.31. The van der Waals surface area contributed by atoms with Gasteiger partial charge in [-0.25, -0.2) is 0 Å². The first-order chi connectivity index (χ1) is 7.03. The van der Waals surface area contributed by atoms with Crippen molar-refractivity contribution in [1.82, 2.24) is 0 Å². The van der Waals surface area contributed by atoms with Crippen molar-refractivity contribution < 1.29 is 4.74 Å². The van der Waals surface area contributed by atoms with E-state index < -0.39 is 0 Å². The van der Waals surface area contributed by atoms with Crippen LogP contribution in [0.5, 0.6) is 0 Å². The van der Waals surface area contributed by atoms with Crippen LogP contribution in [0, 0.1) is 17.3 Å². The Hall–Kier alpha value is -0.0800. The molecule has 0 amide bonds. The third-order valence-corrected chi connectivity index (χ3v) is 3.45. The molecule has 2 heteroatoms. The average molecular weight is 213 g/mol. The van der Waals surface area contributed by atoms with Crippen molar-refractivity contribution in [2.75, 3.05) is 19.8 Å². The Kier molecular flexibility index (Phi) is 5.07. The highest BCUT2D eigenvalue weighted by Gasteiger charge is 2.26. The molecule has 2 atom stereocenters. The molecule has 0 radical (unpaired) electrons. The van der Waals surface area contributed by atoms with Crippen molar-refractivity contribution in [1.29, 1.82) is 0 Å². The van der Waals surface area contributed by atoms with Gasteiger partial charge in [-0.05, 0) is 43.1 Å². The standard InChI is InChI=1S/C13H27NO/c1-13(2,3)7-8-15-10-12-6-4-5-11(12)9-14/h11-12H,4-10,14H2,1-3H3. The van der Waals surface area contributed by atoms with Gasteiger partial charge in [0.1, 0.15) is 0 Å². The van der Waals surface area contributed by atoms with E-state index in [1.165, 1.54) is 19.3 Å². The first-order valence-corrected chi connectivity index (χ1v) is 6.31. The van der Waals surface area contributed by atoms with E-state index in [0.29, 0.717) is 5.41 Å². The molecule has 0 aromatic carbocycles. The molecule has 1 rings (SSSR count). The molecule has 0 aromatic heterocycles. The lowest BCUT2D eigenvalue weighted by molar-refractivity contribution is 0.0696. The van der Waals surface area contributed by atoms with Gasteiger partial charge in [-0.1, -0.05) is 27.2 Å². The number of hydrogen-bond acceptors (Lipinski definition) is 2. The van der Waals surface area contributed by atoms with Crippen molar-refractivity contribution in [2.45, 2.75) is 46.5 Å². The molecule has 0 aliphatic heterocycles. The maximum Gasteiger partial charge on any atom is 0.0497 e. The molecule has 2 unspecified atom stereocenters. The molecule has 1 aliphatic carbocycles. The van der Waals surface area contributed by atoms with Gasteiger partial charge in [-0.15, -0.1) is 0 Å². The smallest absolute Gasteiger partial charge is 0.0497 e. The van der Waals surface area contributed by atoms with Gasteiger partial charge in [0, 0.05) is 13.2 Å². The van der Waals surface area contributed by atoms with Gasteiger partial charge in [-0.3, -0.25) is 0 Å². The second kappa shape index (κ2) is 5.86. The summed E-state index contributed by atoms with van der Waals surface area (Å²) < 4.78 is 5.77. The van der Waals surface area contributed by atoms with Gasteiger partial charge >= 0.3 is 0 Å². The van der Waals surface area contributed by atoms with Crippen LogP contribution in [0.1, 0.15) is 46.5 Å². The molecule has 0 spiro atoms. The largest absolute Gasteiger partial charge is 0.381 e. The fraction of sp³-hybridized carbons (Fsp3) is 1.00. The zero-order valence-corrected chi connectivity index (χ0v) is 10.6. The summed E-state index contributed by atoms with van der Waals surface area (Å²) in [6, 6.07) is 0. The monoisotopic (exact) mass is 213 g/mol. The third-order valence-electron chi connectivity index (χ3n) is 3.45. The molecule has 1 fully saturated rings. The lowest BCUT2D eigenvalue weighted by atomic mass is 9.93. The second-order valence-corrected chi connectivity index (χ2v) is 6.07. The topological polar surface area (TPSA) is 35.2 Å². The fourth-order valence-corrected chi connectivity index (χ4v) is 2.26. The highest BCUT2D eigenvalue weighted by atomic mass is 16.5. The first kappa shape index (κ1) is 13.0. The average Bonchev–Trinajstić information content (AvgIpc) is 2.58. The highest BCUT2D eigenvalue weighted by molar-refractivity contribution is 4.77. The van der Waals surface area contributed by atoms with Crippen LogP contribution in [-0.4, -0.2) is 19.8 Å². The van der Waals surface area contributed by atoms with Gasteiger partial charge in [0.2, 0.25) is 0 Å². The SMILES string of the molecule is CC(C)(C)CCOCC1CCCC1CN. The Labute approximate surface area is 94.6 Å². The Morgan fingerprint density at radius 3 is 2.47 bits per heavy atom. The van der Waals surface area contributed by atoms with Crippen molar-refractivity contribution in [3.8, 4) is 0 Å². The third kappa shape index (κ3) is 4.98. The summed E-state index contributed by atoms with van der Waals surface area (Å²) in [7, 11) is 0. The predicted octanol–water partition coefficient (Wildman–Crippen LogP) is 2.81. The molecule has 0 saturated heterocycles. The van der Waals surface area contributed by atoms with Crippen LogP contribution in [0.25, 0.3) is 0 Å². The summed E-state index contributed by atoms with van der Waals surface area (Å²) in [5.41, 5.74) is 6.13. The molecule has 0 bridgehead atoms. The zero-order valence-electron chi connectivity index (χ0n) is 10.6. The van der Waals surface area contributed by atoms with Crippen molar-refractivity contribution in [3.63, 3.8) is 0 Å². The Balaban J connectivity index is 2.09. The van der Waals surface area contributed by atoms with Gasteiger partial charge in [0.05, 0.1) is 0 Å². The Morgan fingerprint density at radius 2 is 1.87 bits per heavy atom. The van der Waals surface area contributed by atoms with Crippen LogP contribution < -0.4 is 5.73 Å². The lowest BCUT2D eigenvalue weighted by Crippen LogP contribution is -2.23. The number of rotatable bonds is 5. The summed E-state index contributed by atoms with van der Waals surface area (Å²) in [5.74, 6) is 1.45. The van der Waals surface area contributed by atoms with E-state index in [-0.39, 0.29) is 0 Å². The number of hydrogen-bond donors (Lipinski definition) is 1. The Morgan fingerprint density at radius 1 is 1.20 bits per heavy atom. The fourth-order valence-electron chi connectivity index (χ4n) is 2.26. The minimum Gasteiger partial charge on any atom is -0.381 e. The molecule has 0 aromatic rings. The maximum atomic E-state index is 5.77. The molecule has 15 heavy (non-hydrogen) atoms. The molecular weight excluding hydrogens is 186 g/mol. The summed E-state index contributed by atoms with van der Waals surface area (Å²) in [6.45, 7) is 9.44. The van der Waals surface area contributed by atoms with E-state index in [9.17, 15) is 0 Å². The van der Waals surface area contributed by atoms with Crippen LogP contribution in [0.3, 0.4) is 0 Å². The lowest BCUT2D eigenvalue weighted by Gasteiger charge is -2.21. The van der Waals surface area contributed by atoms with E-state index >= 15 is 0 Å². The van der Waals surface area contributed by atoms with Crippen molar-refractivity contribution in [3.05, 3.63) is 0 Å². The first-order valence-electron chi connectivity index (χ1n) is 6.31. The quantitative estimate of drug-likeness (QED) is 0.713. The maximum absolute atomic E-state index is 5.77. The zero-order chi connectivity index (χ0) is 11.3. The van der Waals surface area contributed by atoms with Crippen molar-refractivity contribution in [2.24, 2.45) is 23.0 Å². The minimum atomic E-state index is 0.392. The molecule has 1 saturated carbocycles. The predicted molar refractivity (Wildman–Crippen MR) is 64.8 cm³/mol. The number of ether oxygens (including phenoxy) is 1. The molecule has 90 valence electrons. The molecule has 2 N–H and O–H groups in total.